The fourth-order valence-corrected chi connectivity index (χ4v) is 2.43. The fourth-order valence-electron chi connectivity index (χ4n) is 1.61. The lowest BCUT2D eigenvalue weighted by atomic mass is 10.1. The van der Waals surface area contributed by atoms with E-state index < -0.39 is 11.4 Å². The van der Waals surface area contributed by atoms with E-state index in [2.05, 4.69) is 15.3 Å². The zero-order valence-corrected chi connectivity index (χ0v) is 11.8. The smallest absolute Gasteiger partial charge is 0.274 e. The number of hydrogen-bond acceptors (Lipinski definition) is 5. The number of thiazole rings is 1. The molecule has 100 valence electrons. The Bertz CT molecular complexity index is 607. The molecule has 0 radical (unpaired) electrons. The lowest BCUT2D eigenvalue weighted by molar-refractivity contribution is 0.0904. The van der Waals surface area contributed by atoms with E-state index in [1.807, 2.05) is 20.8 Å². The number of carbonyl (C=O) groups is 1. The largest absolute Gasteiger partial charge is 0.505 e. The molecule has 0 atom stereocenters. The van der Waals surface area contributed by atoms with Gasteiger partial charge in [-0.1, -0.05) is 0 Å². The zero-order chi connectivity index (χ0) is 14.0. The summed E-state index contributed by atoms with van der Waals surface area (Å²) in [6.07, 6.45) is 3.24. The van der Waals surface area contributed by atoms with Crippen LogP contribution in [0, 0.1) is 6.92 Å². The first-order chi connectivity index (χ1) is 8.90. The van der Waals surface area contributed by atoms with Gasteiger partial charge in [-0.15, -0.1) is 11.3 Å². The minimum atomic E-state index is -0.611. The number of aromatic nitrogens is 2. The minimum Gasteiger partial charge on any atom is -0.505 e. The molecule has 0 aliphatic rings. The van der Waals surface area contributed by atoms with Crippen molar-refractivity contribution in [2.24, 2.45) is 0 Å². The van der Waals surface area contributed by atoms with E-state index >= 15 is 0 Å². The Hall–Kier alpha value is -1.95. The Morgan fingerprint density at radius 1 is 1.42 bits per heavy atom. The van der Waals surface area contributed by atoms with Crippen LogP contribution in [0.4, 0.5) is 0 Å². The summed E-state index contributed by atoms with van der Waals surface area (Å²) in [6.45, 7) is 5.69. The topological polar surface area (TPSA) is 75.1 Å². The van der Waals surface area contributed by atoms with Crippen LogP contribution in [0.3, 0.4) is 0 Å². The van der Waals surface area contributed by atoms with Crippen LogP contribution in [0.5, 0.6) is 5.75 Å². The highest BCUT2D eigenvalue weighted by Gasteiger charge is 2.27. The lowest BCUT2D eigenvalue weighted by Gasteiger charge is -2.23. The van der Waals surface area contributed by atoms with E-state index in [-0.39, 0.29) is 11.4 Å². The monoisotopic (exact) mass is 277 g/mol. The molecule has 2 aromatic rings. The molecule has 0 aliphatic heterocycles. The third-order valence-electron chi connectivity index (χ3n) is 2.58. The number of aromatic hydroxyl groups is 1. The molecule has 2 N–H and O–H groups in total. The molecule has 0 bridgehead atoms. The highest BCUT2D eigenvalue weighted by atomic mass is 32.1. The van der Waals surface area contributed by atoms with Crippen molar-refractivity contribution in [2.75, 3.05) is 0 Å². The van der Waals surface area contributed by atoms with Gasteiger partial charge in [-0.2, -0.15) is 0 Å². The van der Waals surface area contributed by atoms with Gasteiger partial charge in [0.15, 0.2) is 5.69 Å². The molecule has 0 saturated heterocycles. The molecule has 0 aliphatic carbocycles. The van der Waals surface area contributed by atoms with Gasteiger partial charge in [-0.25, -0.2) is 9.97 Å². The van der Waals surface area contributed by atoms with Gasteiger partial charge in [0.25, 0.3) is 5.91 Å². The molecule has 6 heteroatoms. The minimum absolute atomic E-state index is 0.0175. The van der Waals surface area contributed by atoms with Crippen molar-refractivity contribution in [1.82, 2.24) is 15.3 Å². The van der Waals surface area contributed by atoms with Crippen molar-refractivity contribution < 1.29 is 9.90 Å². The maximum Gasteiger partial charge on any atom is 0.274 e. The van der Waals surface area contributed by atoms with E-state index in [9.17, 15) is 9.90 Å². The van der Waals surface area contributed by atoms with Gasteiger partial charge in [0.05, 0.1) is 5.54 Å². The van der Waals surface area contributed by atoms with Crippen molar-refractivity contribution in [1.29, 1.82) is 0 Å². The van der Waals surface area contributed by atoms with Gasteiger partial charge in [-0.3, -0.25) is 4.79 Å². The zero-order valence-electron chi connectivity index (χ0n) is 11.0. The molecular formula is C13H15N3O2S. The van der Waals surface area contributed by atoms with Crippen LogP contribution in [-0.2, 0) is 5.54 Å². The number of hydrogen-bond donors (Lipinski definition) is 2. The predicted molar refractivity (Wildman–Crippen MR) is 73.2 cm³/mol. The van der Waals surface area contributed by atoms with Crippen LogP contribution in [-0.4, -0.2) is 21.0 Å². The number of aryl methyl sites for hydroxylation is 1. The van der Waals surface area contributed by atoms with Gasteiger partial charge in [0, 0.05) is 17.3 Å². The van der Waals surface area contributed by atoms with E-state index in [1.54, 1.807) is 12.3 Å². The molecule has 2 heterocycles. The number of nitrogens with zero attached hydrogens (tertiary/aromatic N) is 2. The van der Waals surface area contributed by atoms with Crippen LogP contribution in [0.2, 0.25) is 0 Å². The van der Waals surface area contributed by atoms with E-state index in [0.29, 0.717) is 0 Å². The Balaban J connectivity index is 2.21. The van der Waals surface area contributed by atoms with Gasteiger partial charge in [0.1, 0.15) is 10.8 Å². The fraction of sp³-hybridized carbons (Fsp3) is 0.308. The van der Waals surface area contributed by atoms with Gasteiger partial charge >= 0.3 is 0 Å². The first-order valence-corrected chi connectivity index (χ1v) is 6.61. The third kappa shape index (κ3) is 2.90. The van der Waals surface area contributed by atoms with E-state index in [0.717, 1.165) is 9.88 Å². The van der Waals surface area contributed by atoms with Crippen molar-refractivity contribution in [3.63, 3.8) is 0 Å². The standard InChI is InChI=1S/C13H15N3O2S/c1-8-7-15-12(19-8)13(2,3)16-11(18)10-9(17)5-4-6-14-10/h4-7,17H,1-3H3,(H,16,18). The Morgan fingerprint density at radius 2 is 2.16 bits per heavy atom. The molecule has 0 aromatic carbocycles. The summed E-state index contributed by atoms with van der Waals surface area (Å²) in [5.74, 6) is -0.554. The average Bonchev–Trinajstić information content (AvgIpc) is 2.76. The van der Waals surface area contributed by atoms with Crippen LogP contribution in [0.25, 0.3) is 0 Å². The Kier molecular flexibility index (Phi) is 3.53. The van der Waals surface area contributed by atoms with Gasteiger partial charge < -0.3 is 10.4 Å². The molecular weight excluding hydrogens is 262 g/mol. The number of amides is 1. The van der Waals surface area contributed by atoms with Gasteiger partial charge in [-0.05, 0) is 32.9 Å². The Labute approximate surface area is 115 Å². The number of carbonyl (C=O) groups excluding carboxylic acids is 1. The second kappa shape index (κ2) is 4.97. The van der Waals surface area contributed by atoms with Crippen molar-refractivity contribution in [2.45, 2.75) is 26.3 Å². The Morgan fingerprint density at radius 3 is 2.74 bits per heavy atom. The number of rotatable bonds is 3. The molecule has 5 nitrogen and oxygen atoms in total. The lowest BCUT2D eigenvalue weighted by Crippen LogP contribution is -2.41. The van der Waals surface area contributed by atoms with Crippen molar-refractivity contribution in [3.05, 3.63) is 40.1 Å². The normalized spacial score (nSPS) is 11.3. The van der Waals surface area contributed by atoms with E-state index in [1.165, 1.54) is 23.6 Å². The van der Waals surface area contributed by atoms with E-state index in [4.69, 9.17) is 0 Å². The molecule has 0 fully saturated rings. The highest BCUT2D eigenvalue weighted by molar-refractivity contribution is 7.11. The van der Waals surface area contributed by atoms with Crippen molar-refractivity contribution >= 4 is 17.2 Å². The first-order valence-electron chi connectivity index (χ1n) is 5.79. The molecule has 2 rings (SSSR count). The number of nitrogens with one attached hydrogen (secondary N) is 1. The van der Waals surface area contributed by atoms with Crippen molar-refractivity contribution in [3.8, 4) is 5.75 Å². The molecule has 0 spiro atoms. The predicted octanol–water partition coefficient (Wildman–Crippen LogP) is 2.22. The maximum atomic E-state index is 12.1. The highest BCUT2D eigenvalue weighted by Crippen LogP contribution is 2.25. The number of pyridine rings is 1. The molecule has 0 saturated carbocycles. The van der Waals surface area contributed by atoms with Crippen LogP contribution >= 0.6 is 11.3 Å². The first kappa shape index (κ1) is 13.5. The summed E-state index contributed by atoms with van der Waals surface area (Å²) in [5.41, 5.74) is -0.594. The summed E-state index contributed by atoms with van der Waals surface area (Å²) in [4.78, 5) is 21.3. The second-order valence-electron chi connectivity index (χ2n) is 4.73. The maximum absolute atomic E-state index is 12.1. The van der Waals surface area contributed by atoms with Gasteiger partial charge in [0.2, 0.25) is 0 Å². The SMILES string of the molecule is Cc1cnc(C(C)(C)NC(=O)c2ncccc2O)s1. The molecule has 2 aromatic heterocycles. The summed E-state index contributed by atoms with van der Waals surface area (Å²) in [5, 5.41) is 13.3. The quantitative estimate of drug-likeness (QED) is 0.902. The third-order valence-corrected chi connectivity index (χ3v) is 3.82. The molecule has 19 heavy (non-hydrogen) atoms. The van der Waals surface area contributed by atoms with Crippen LogP contribution in [0.15, 0.2) is 24.5 Å². The molecule has 1 amide bonds. The second-order valence-corrected chi connectivity index (χ2v) is 5.96. The average molecular weight is 277 g/mol. The summed E-state index contributed by atoms with van der Waals surface area (Å²) >= 11 is 1.53. The van der Waals surface area contributed by atoms with Crippen LogP contribution < -0.4 is 5.32 Å². The van der Waals surface area contributed by atoms with Crippen LogP contribution in [0.1, 0.15) is 34.2 Å². The summed E-state index contributed by atoms with van der Waals surface area (Å²) in [6, 6.07) is 3.00. The summed E-state index contributed by atoms with van der Waals surface area (Å²) < 4.78 is 0. The molecule has 0 unspecified atom stereocenters. The summed E-state index contributed by atoms with van der Waals surface area (Å²) in [7, 11) is 0.